The number of benzene rings is 1. The second-order valence-electron chi connectivity index (χ2n) is 5.98. The van der Waals surface area contributed by atoms with Crippen LogP contribution in [-0.4, -0.2) is 38.7 Å². The van der Waals surface area contributed by atoms with E-state index in [1.807, 2.05) is 19.9 Å². The average molecular weight is 398 g/mol. The van der Waals surface area contributed by atoms with Gasteiger partial charge in [0.15, 0.2) is 0 Å². The Labute approximate surface area is 163 Å². The van der Waals surface area contributed by atoms with E-state index in [2.05, 4.69) is 14.8 Å². The van der Waals surface area contributed by atoms with Crippen LogP contribution in [0.3, 0.4) is 0 Å². The quantitative estimate of drug-likeness (QED) is 0.739. The summed E-state index contributed by atoms with van der Waals surface area (Å²) in [6, 6.07) is 6.93. The van der Waals surface area contributed by atoms with Gasteiger partial charge in [-0.3, -0.25) is 0 Å². The molecule has 148 valence electrons. The van der Waals surface area contributed by atoms with Crippen LogP contribution in [0.25, 0.3) is 0 Å². The number of ether oxygens (including phenoxy) is 4. The van der Waals surface area contributed by atoms with Gasteiger partial charge in [0.25, 0.3) is 0 Å². The lowest BCUT2D eigenvalue weighted by Gasteiger charge is -2.40. The molecule has 7 nitrogen and oxygen atoms in total. The van der Waals surface area contributed by atoms with Crippen LogP contribution in [0.1, 0.15) is 38.2 Å². The van der Waals surface area contributed by atoms with Crippen LogP contribution < -0.4 is 5.32 Å². The van der Waals surface area contributed by atoms with E-state index in [-0.39, 0.29) is 6.04 Å². The summed E-state index contributed by atoms with van der Waals surface area (Å²) < 4.78 is 20.4. The molecule has 1 aliphatic rings. The van der Waals surface area contributed by atoms with E-state index in [0.29, 0.717) is 23.6 Å². The van der Waals surface area contributed by atoms with E-state index in [1.54, 1.807) is 18.2 Å². The zero-order chi connectivity index (χ0) is 20.0. The Morgan fingerprint density at radius 1 is 1.15 bits per heavy atom. The number of rotatable bonds is 5. The molecule has 1 heterocycles. The van der Waals surface area contributed by atoms with Gasteiger partial charge in [0, 0.05) is 5.02 Å². The highest BCUT2D eigenvalue weighted by molar-refractivity contribution is 6.30. The maximum atomic E-state index is 11.9. The lowest BCUT2D eigenvalue weighted by atomic mass is 9.82. The fourth-order valence-electron chi connectivity index (χ4n) is 3.16. The van der Waals surface area contributed by atoms with Crippen molar-refractivity contribution in [1.82, 2.24) is 5.32 Å². The van der Waals surface area contributed by atoms with Crippen molar-refractivity contribution >= 4 is 23.9 Å². The molecular weight excluding hydrogens is 374 g/mol. The van der Waals surface area contributed by atoms with Crippen molar-refractivity contribution < 1.29 is 28.5 Å². The molecule has 3 unspecified atom stereocenters. The zero-order valence-corrected chi connectivity index (χ0v) is 16.5. The summed E-state index contributed by atoms with van der Waals surface area (Å²) in [5.74, 6) is -0.215. The Morgan fingerprint density at radius 2 is 1.85 bits per heavy atom. The summed E-state index contributed by atoms with van der Waals surface area (Å²) in [6.45, 7) is 3.91. The van der Waals surface area contributed by atoms with Crippen molar-refractivity contribution in [2.75, 3.05) is 14.2 Å². The molecular formula is C19H24ClNO6. The van der Waals surface area contributed by atoms with E-state index in [4.69, 9.17) is 21.1 Å². The molecule has 0 amide bonds. The van der Waals surface area contributed by atoms with Crippen LogP contribution in [0.4, 0.5) is 9.59 Å². The highest BCUT2D eigenvalue weighted by Crippen LogP contribution is 2.39. The number of methoxy groups -OCH3 is 2. The summed E-state index contributed by atoms with van der Waals surface area (Å²) >= 11 is 6.17. The summed E-state index contributed by atoms with van der Waals surface area (Å²) in [5, 5.41) is 3.83. The first-order chi connectivity index (χ1) is 12.9. The third-order valence-corrected chi connectivity index (χ3v) is 4.66. The maximum absolute atomic E-state index is 11.9. The molecule has 0 saturated heterocycles. The number of allylic oxidation sites excluding steroid dienone is 1. The number of carbonyl (C=O) groups is 2. The van der Waals surface area contributed by atoms with E-state index < -0.39 is 24.3 Å². The molecule has 1 aromatic carbocycles. The lowest BCUT2D eigenvalue weighted by Crippen LogP contribution is -2.50. The molecule has 8 heteroatoms. The maximum Gasteiger partial charge on any atom is 0.513 e. The Kier molecular flexibility index (Phi) is 7.36. The van der Waals surface area contributed by atoms with Crippen molar-refractivity contribution in [3.8, 4) is 0 Å². The number of nitrogens with one attached hydrogen (secondary N) is 1. The predicted molar refractivity (Wildman–Crippen MR) is 99.5 cm³/mol. The van der Waals surface area contributed by atoms with Crippen LogP contribution in [0.5, 0.6) is 0 Å². The zero-order valence-electron chi connectivity index (χ0n) is 15.8. The first kappa shape index (κ1) is 20.9. The van der Waals surface area contributed by atoms with Crippen molar-refractivity contribution in [3.05, 3.63) is 46.3 Å². The van der Waals surface area contributed by atoms with Crippen LogP contribution in [0, 0.1) is 0 Å². The van der Waals surface area contributed by atoms with E-state index in [9.17, 15) is 9.59 Å². The van der Waals surface area contributed by atoms with Gasteiger partial charge in [-0.05, 0) is 30.5 Å². The number of carbonyl (C=O) groups excluding carboxylic acids is 2. The Morgan fingerprint density at radius 3 is 2.41 bits per heavy atom. The minimum Gasteiger partial charge on any atom is -0.438 e. The van der Waals surface area contributed by atoms with Gasteiger partial charge in [-0.25, -0.2) is 9.59 Å². The molecule has 1 aromatic rings. The standard InChI is InChI=1S/C19H24ClNO6/c1-5-13-16(26-18(22)24-3)15(11-8-7-9-12(20)10-11)17(14(6-2)21-13)27-19(23)25-4/h7-10,13,15-16,21H,5-6H2,1-4H3. The van der Waals surface area contributed by atoms with Crippen LogP contribution in [0.15, 0.2) is 35.7 Å². The SMILES string of the molecule is CCC1=C(OC(=O)OC)C(c2cccc(Cl)c2)C(OC(=O)OC)C(CC)N1. The number of hydrogen-bond donors (Lipinski definition) is 1. The van der Waals surface area contributed by atoms with Gasteiger partial charge in [0.1, 0.15) is 11.9 Å². The molecule has 27 heavy (non-hydrogen) atoms. The molecule has 0 aromatic heterocycles. The largest absolute Gasteiger partial charge is 0.513 e. The van der Waals surface area contributed by atoms with Gasteiger partial charge in [0.2, 0.25) is 0 Å². The molecule has 0 saturated carbocycles. The first-order valence-electron chi connectivity index (χ1n) is 8.70. The Balaban J connectivity index is 2.60. The topological polar surface area (TPSA) is 83.1 Å². The lowest BCUT2D eigenvalue weighted by molar-refractivity contribution is -0.000236. The highest BCUT2D eigenvalue weighted by atomic mass is 35.5. The van der Waals surface area contributed by atoms with E-state index >= 15 is 0 Å². The second kappa shape index (κ2) is 9.50. The van der Waals surface area contributed by atoms with Crippen LogP contribution >= 0.6 is 11.6 Å². The van der Waals surface area contributed by atoms with Crippen LogP contribution in [0.2, 0.25) is 5.02 Å². The first-order valence-corrected chi connectivity index (χ1v) is 9.08. The highest BCUT2D eigenvalue weighted by Gasteiger charge is 2.43. The second-order valence-corrected chi connectivity index (χ2v) is 6.42. The third-order valence-electron chi connectivity index (χ3n) is 4.42. The molecule has 1 N–H and O–H groups in total. The van der Waals surface area contributed by atoms with E-state index in [0.717, 1.165) is 11.3 Å². The van der Waals surface area contributed by atoms with Crippen molar-refractivity contribution in [2.24, 2.45) is 0 Å². The van der Waals surface area contributed by atoms with Gasteiger partial charge >= 0.3 is 12.3 Å². The fraction of sp³-hybridized carbons (Fsp3) is 0.474. The fourth-order valence-corrected chi connectivity index (χ4v) is 3.36. The summed E-state index contributed by atoms with van der Waals surface area (Å²) in [6.07, 6.45) is -1.07. The molecule has 0 fully saturated rings. The minimum absolute atomic E-state index is 0.201. The van der Waals surface area contributed by atoms with Crippen molar-refractivity contribution in [1.29, 1.82) is 0 Å². The molecule has 0 radical (unpaired) electrons. The summed E-state index contributed by atoms with van der Waals surface area (Å²) in [4.78, 5) is 23.7. The molecule has 0 bridgehead atoms. The summed E-state index contributed by atoms with van der Waals surface area (Å²) in [5.41, 5.74) is 1.49. The van der Waals surface area contributed by atoms with Gasteiger partial charge in [-0.15, -0.1) is 0 Å². The normalized spacial score (nSPS) is 21.9. The van der Waals surface area contributed by atoms with E-state index in [1.165, 1.54) is 14.2 Å². The van der Waals surface area contributed by atoms with Crippen molar-refractivity contribution in [3.63, 3.8) is 0 Å². The monoisotopic (exact) mass is 397 g/mol. The number of halogens is 1. The van der Waals surface area contributed by atoms with Gasteiger partial charge in [0.05, 0.1) is 31.9 Å². The van der Waals surface area contributed by atoms with Crippen LogP contribution in [-0.2, 0) is 18.9 Å². The molecule has 1 aliphatic heterocycles. The number of hydrogen-bond acceptors (Lipinski definition) is 7. The molecule has 2 rings (SSSR count). The van der Waals surface area contributed by atoms with Gasteiger partial charge < -0.3 is 24.3 Å². The Bertz CT molecular complexity index is 720. The van der Waals surface area contributed by atoms with Gasteiger partial charge in [-0.1, -0.05) is 37.6 Å². The molecule has 0 spiro atoms. The predicted octanol–water partition coefficient (Wildman–Crippen LogP) is 4.36. The molecule has 3 atom stereocenters. The molecule has 0 aliphatic carbocycles. The minimum atomic E-state index is -0.850. The third kappa shape index (κ3) is 4.86. The summed E-state index contributed by atoms with van der Waals surface area (Å²) in [7, 11) is 2.48. The smallest absolute Gasteiger partial charge is 0.438 e. The average Bonchev–Trinajstić information content (AvgIpc) is 2.67. The Hall–Kier alpha value is -2.41. The van der Waals surface area contributed by atoms with Gasteiger partial charge in [-0.2, -0.15) is 0 Å². The van der Waals surface area contributed by atoms with Crippen molar-refractivity contribution in [2.45, 2.75) is 44.8 Å².